The molecule has 0 atom stereocenters. The lowest BCUT2D eigenvalue weighted by Crippen LogP contribution is -2.37. The predicted molar refractivity (Wildman–Crippen MR) is 77.0 cm³/mol. The Balaban J connectivity index is 2.53. The number of likely N-dealkylation sites (N-methyl/N-ethyl adjacent to an activating group) is 1. The van der Waals surface area contributed by atoms with Gasteiger partial charge in [-0.1, -0.05) is 0 Å². The average Bonchev–Trinajstić information content (AvgIpc) is 2.84. The molecular weight excluding hydrogens is 240 g/mol. The molecule has 0 unspecified atom stereocenters. The van der Waals surface area contributed by atoms with Gasteiger partial charge < -0.3 is 4.90 Å². The fourth-order valence-corrected chi connectivity index (χ4v) is 2.23. The van der Waals surface area contributed by atoms with Crippen LogP contribution in [0.4, 0.5) is 4.79 Å². The first-order chi connectivity index (χ1) is 9.08. The van der Waals surface area contributed by atoms with Crippen molar-refractivity contribution < 1.29 is 4.79 Å². The van der Waals surface area contributed by atoms with Crippen LogP contribution in [-0.2, 0) is 0 Å². The van der Waals surface area contributed by atoms with Crippen molar-refractivity contribution in [3.8, 4) is 0 Å². The van der Waals surface area contributed by atoms with Gasteiger partial charge in [-0.05, 0) is 44.6 Å². The number of amides is 1. The number of fused-ring (bicyclic) bond motifs is 1. The summed E-state index contributed by atoms with van der Waals surface area (Å²) >= 11 is 0. The van der Waals surface area contributed by atoms with Crippen molar-refractivity contribution in [2.45, 2.75) is 20.8 Å². The smallest absolute Gasteiger partial charge is 0.348 e. The molecule has 0 bridgehead atoms. The fraction of sp³-hybridized carbons (Fsp3) is 0.429. The van der Waals surface area contributed by atoms with E-state index in [4.69, 9.17) is 0 Å². The molecule has 2 heterocycles. The topological polar surface area (TPSA) is 40.8 Å². The normalized spacial score (nSPS) is 20.8. The van der Waals surface area contributed by atoms with Crippen LogP contribution >= 0.6 is 0 Å². The zero-order chi connectivity index (χ0) is 14.0. The minimum atomic E-state index is -0.145. The molecule has 0 radical (unpaired) electrons. The monoisotopic (exact) mass is 260 g/mol. The second-order valence-corrected chi connectivity index (χ2v) is 4.53. The second kappa shape index (κ2) is 5.30. The number of carbonyl (C=O) groups excluding carboxylic acids is 1. The van der Waals surface area contributed by atoms with Crippen LogP contribution in [0.3, 0.4) is 0 Å². The van der Waals surface area contributed by atoms with Crippen molar-refractivity contribution in [3.05, 3.63) is 29.6 Å². The summed E-state index contributed by atoms with van der Waals surface area (Å²) in [5, 5.41) is 5.85. The van der Waals surface area contributed by atoms with Crippen LogP contribution in [0.15, 0.2) is 29.0 Å². The number of nitrogens with zero attached hydrogens (tertiary/aromatic N) is 4. The molecule has 102 valence electrons. The average molecular weight is 260 g/mol. The van der Waals surface area contributed by atoms with Gasteiger partial charge >= 0.3 is 6.03 Å². The molecule has 0 saturated heterocycles. The Labute approximate surface area is 113 Å². The number of carbonyl (C=O) groups is 1. The molecule has 1 amide bonds. The number of aromatic nitrogens is 1. The zero-order valence-electron chi connectivity index (χ0n) is 11.9. The van der Waals surface area contributed by atoms with Crippen molar-refractivity contribution in [3.63, 3.8) is 0 Å². The summed E-state index contributed by atoms with van der Waals surface area (Å²) in [4.78, 5) is 14.4. The highest BCUT2D eigenvalue weighted by Crippen LogP contribution is 2.16. The first-order valence-electron chi connectivity index (χ1n) is 6.56. The molecule has 1 aliphatic heterocycles. The molecule has 0 spiro atoms. The quantitative estimate of drug-likeness (QED) is 0.819. The third kappa shape index (κ3) is 2.41. The van der Waals surface area contributed by atoms with E-state index in [1.807, 2.05) is 25.1 Å². The minimum absolute atomic E-state index is 0.145. The summed E-state index contributed by atoms with van der Waals surface area (Å²) < 4.78 is 1.60. The summed E-state index contributed by atoms with van der Waals surface area (Å²) in [5.74, 6) is 0.855. The second-order valence-electron chi connectivity index (χ2n) is 4.53. The Morgan fingerprint density at radius 1 is 1.32 bits per heavy atom. The highest BCUT2D eigenvalue weighted by molar-refractivity contribution is 6.03. The van der Waals surface area contributed by atoms with E-state index in [-0.39, 0.29) is 6.03 Å². The van der Waals surface area contributed by atoms with Crippen LogP contribution in [0.5, 0.6) is 0 Å². The van der Waals surface area contributed by atoms with Gasteiger partial charge in [-0.3, -0.25) is 4.57 Å². The first kappa shape index (κ1) is 13.4. The Hall–Kier alpha value is -2.04. The van der Waals surface area contributed by atoms with Gasteiger partial charge in [0, 0.05) is 26.3 Å². The van der Waals surface area contributed by atoms with Gasteiger partial charge in [0.25, 0.3) is 0 Å². The molecule has 0 N–H and O–H groups in total. The molecule has 0 fully saturated rings. The molecule has 1 aromatic heterocycles. The van der Waals surface area contributed by atoms with E-state index in [0.717, 1.165) is 30.2 Å². The van der Waals surface area contributed by atoms with Crippen LogP contribution in [0.2, 0.25) is 0 Å². The Morgan fingerprint density at radius 3 is 2.63 bits per heavy atom. The lowest BCUT2D eigenvalue weighted by Gasteiger charge is -2.27. The van der Waals surface area contributed by atoms with E-state index >= 15 is 0 Å². The van der Waals surface area contributed by atoms with Gasteiger partial charge in [-0.25, -0.2) is 9.80 Å². The Bertz CT molecular complexity index is 537. The highest BCUT2D eigenvalue weighted by atomic mass is 16.2. The lowest BCUT2D eigenvalue weighted by molar-refractivity contribution is 0.211. The van der Waals surface area contributed by atoms with Crippen molar-refractivity contribution in [2.75, 3.05) is 20.1 Å². The SMILES string of the molecule is CCN(CC)C1=N/N(C)C(=O)n2cccc2/C=C\1C. The van der Waals surface area contributed by atoms with Gasteiger partial charge in [0.15, 0.2) is 5.84 Å². The van der Waals surface area contributed by atoms with E-state index < -0.39 is 0 Å². The standard InChI is InChI=1S/C14H20N4O/c1-5-17(6-2)13-11(3)10-12-8-7-9-18(12)14(19)16(4)15-13/h7-10H,5-6H2,1-4H3/b11-10-,15-13+. The molecule has 1 aliphatic rings. The number of hydrogen-bond donors (Lipinski definition) is 0. The summed E-state index contributed by atoms with van der Waals surface area (Å²) in [6, 6.07) is 3.65. The van der Waals surface area contributed by atoms with Crippen LogP contribution in [0.25, 0.3) is 6.08 Å². The molecule has 0 aliphatic carbocycles. The van der Waals surface area contributed by atoms with Gasteiger partial charge in [-0.15, -0.1) is 0 Å². The summed E-state index contributed by atoms with van der Waals surface area (Å²) in [5.41, 5.74) is 1.94. The number of hydrogen-bond acceptors (Lipinski definition) is 3. The largest absolute Gasteiger partial charge is 0.356 e. The molecule has 0 saturated carbocycles. The maximum absolute atomic E-state index is 12.2. The molecule has 2 rings (SSSR count). The molecule has 0 aromatic carbocycles. The highest BCUT2D eigenvalue weighted by Gasteiger charge is 2.19. The Kier molecular flexibility index (Phi) is 3.74. The van der Waals surface area contributed by atoms with Crippen LogP contribution in [-0.4, -0.2) is 46.5 Å². The summed E-state index contributed by atoms with van der Waals surface area (Å²) in [6.45, 7) is 7.93. The van der Waals surface area contributed by atoms with Gasteiger partial charge in [0.05, 0.1) is 5.69 Å². The molecule has 5 nitrogen and oxygen atoms in total. The van der Waals surface area contributed by atoms with Crippen molar-refractivity contribution >= 4 is 17.9 Å². The molecule has 5 heteroatoms. The number of rotatable bonds is 2. The van der Waals surface area contributed by atoms with E-state index in [2.05, 4.69) is 23.8 Å². The number of hydrazone groups is 1. The maximum atomic E-state index is 12.2. The van der Waals surface area contributed by atoms with Crippen LogP contribution in [0, 0.1) is 0 Å². The molecule has 1 aromatic rings. The van der Waals surface area contributed by atoms with Crippen LogP contribution < -0.4 is 0 Å². The third-order valence-corrected chi connectivity index (χ3v) is 3.29. The number of amidine groups is 1. The van der Waals surface area contributed by atoms with Crippen molar-refractivity contribution in [1.29, 1.82) is 0 Å². The van der Waals surface area contributed by atoms with Crippen molar-refractivity contribution in [1.82, 2.24) is 14.5 Å². The van der Waals surface area contributed by atoms with Crippen LogP contribution in [0.1, 0.15) is 26.5 Å². The van der Waals surface area contributed by atoms with E-state index in [9.17, 15) is 4.79 Å². The van der Waals surface area contributed by atoms with Gasteiger partial charge in [0.2, 0.25) is 0 Å². The Morgan fingerprint density at radius 2 is 2.00 bits per heavy atom. The zero-order valence-corrected chi connectivity index (χ0v) is 11.9. The summed E-state index contributed by atoms with van der Waals surface area (Å²) in [6.07, 6.45) is 3.76. The fourth-order valence-electron chi connectivity index (χ4n) is 2.23. The van der Waals surface area contributed by atoms with Gasteiger partial charge in [-0.2, -0.15) is 5.10 Å². The first-order valence-corrected chi connectivity index (χ1v) is 6.56. The van der Waals surface area contributed by atoms with E-state index in [1.54, 1.807) is 17.8 Å². The van der Waals surface area contributed by atoms with E-state index in [1.165, 1.54) is 5.01 Å². The van der Waals surface area contributed by atoms with Crippen molar-refractivity contribution in [2.24, 2.45) is 5.10 Å². The molecule has 19 heavy (non-hydrogen) atoms. The van der Waals surface area contributed by atoms with E-state index in [0.29, 0.717) is 0 Å². The predicted octanol–water partition coefficient (Wildman–Crippen LogP) is 2.46. The maximum Gasteiger partial charge on any atom is 0.348 e. The third-order valence-electron chi connectivity index (χ3n) is 3.29. The van der Waals surface area contributed by atoms with Gasteiger partial charge in [0.1, 0.15) is 0 Å². The minimum Gasteiger partial charge on any atom is -0.356 e. The molecular formula is C14H20N4O. The summed E-state index contributed by atoms with van der Waals surface area (Å²) in [7, 11) is 1.69. The lowest BCUT2D eigenvalue weighted by atomic mass is 10.2.